The van der Waals surface area contributed by atoms with Gasteiger partial charge in [-0.15, -0.1) is 5.10 Å². The first-order chi connectivity index (χ1) is 14.4. The maximum absolute atomic E-state index is 13.1. The first-order valence-corrected chi connectivity index (χ1v) is 10.3. The lowest BCUT2D eigenvalue weighted by molar-refractivity contribution is -0.112. The van der Waals surface area contributed by atoms with Gasteiger partial charge in [0.15, 0.2) is 5.82 Å². The molecule has 7 nitrogen and oxygen atoms in total. The van der Waals surface area contributed by atoms with Gasteiger partial charge in [-0.1, -0.05) is 29.5 Å². The van der Waals surface area contributed by atoms with Gasteiger partial charge < -0.3 is 9.64 Å². The molecule has 0 atom stereocenters. The fraction of sp³-hybridized carbons (Fsp3) is 0.182. The van der Waals surface area contributed by atoms with E-state index in [1.807, 2.05) is 62.4 Å². The summed E-state index contributed by atoms with van der Waals surface area (Å²) in [7, 11) is 1.71. The van der Waals surface area contributed by atoms with Gasteiger partial charge >= 0.3 is 0 Å². The summed E-state index contributed by atoms with van der Waals surface area (Å²) in [6.07, 6.45) is 0.0911. The number of benzene rings is 2. The molecule has 2 aromatic carbocycles. The van der Waals surface area contributed by atoms with Crippen LogP contribution < -0.4 is 19.7 Å². The van der Waals surface area contributed by atoms with Gasteiger partial charge in [0.05, 0.1) is 17.4 Å². The maximum Gasteiger partial charge on any atom is 0.291 e. The van der Waals surface area contributed by atoms with E-state index < -0.39 is 0 Å². The Kier molecular flexibility index (Phi) is 4.18. The first-order valence-electron chi connectivity index (χ1n) is 9.52. The quantitative estimate of drug-likeness (QED) is 0.511. The molecule has 3 heterocycles. The van der Waals surface area contributed by atoms with Crippen LogP contribution in [0.25, 0.3) is 21.9 Å². The van der Waals surface area contributed by atoms with E-state index >= 15 is 0 Å². The van der Waals surface area contributed by atoms with E-state index in [4.69, 9.17) is 4.74 Å². The Labute approximate surface area is 175 Å². The van der Waals surface area contributed by atoms with Crippen LogP contribution in [0.3, 0.4) is 0 Å². The summed E-state index contributed by atoms with van der Waals surface area (Å²) in [5, 5.41) is 4.39. The number of anilines is 1. The summed E-state index contributed by atoms with van der Waals surface area (Å²) in [5.41, 5.74) is 2.42. The van der Waals surface area contributed by atoms with Crippen LogP contribution >= 0.6 is 11.3 Å². The van der Waals surface area contributed by atoms with Crippen molar-refractivity contribution in [1.82, 2.24) is 14.6 Å². The number of aromatic nitrogens is 3. The van der Waals surface area contributed by atoms with Gasteiger partial charge in [0, 0.05) is 18.2 Å². The fourth-order valence-corrected chi connectivity index (χ4v) is 4.55. The van der Waals surface area contributed by atoms with E-state index in [1.165, 1.54) is 15.9 Å². The van der Waals surface area contributed by atoms with Crippen molar-refractivity contribution in [3.05, 3.63) is 69.0 Å². The number of rotatable bonds is 3. The Balaban J connectivity index is 1.61. The van der Waals surface area contributed by atoms with Crippen LogP contribution in [0.15, 0.2) is 53.3 Å². The summed E-state index contributed by atoms with van der Waals surface area (Å²) in [4.78, 5) is 32.4. The molecule has 0 saturated heterocycles. The molecule has 1 amide bonds. The lowest BCUT2D eigenvalue weighted by Gasteiger charge is -2.09. The molecule has 0 bridgehead atoms. The highest BCUT2D eigenvalue weighted by atomic mass is 32.1. The first kappa shape index (κ1) is 18.5. The predicted molar refractivity (Wildman–Crippen MR) is 116 cm³/mol. The molecular formula is C22H18N4O3S. The Bertz CT molecular complexity index is 1400. The largest absolute Gasteiger partial charge is 0.491 e. The topological polar surface area (TPSA) is 76.8 Å². The van der Waals surface area contributed by atoms with Gasteiger partial charge in [0.2, 0.25) is 4.96 Å². The molecule has 1 aliphatic rings. The van der Waals surface area contributed by atoms with E-state index in [0.29, 0.717) is 20.9 Å². The van der Waals surface area contributed by atoms with Crippen LogP contribution in [-0.2, 0) is 4.79 Å². The van der Waals surface area contributed by atoms with Crippen LogP contribution in [0.2, 0.25) is 0 Å². The minimum absolute atomic E-state index is 0.0911. The third-order valence-electron chi connectivity index (χ3n) is 4.92. The van der Waals surface area contributed by atoms with Crippen LogP contribution in [0.4, 0.5) is 5.69 Å². The Morgan fingerprint density at radius 2 is 1.77 bits per heavy atom. The third-order valence-corrected chi connectivity index (χ3v) is 5.95. The van der Waals surface area contributed by atoms with E-state index in [9.17, 15) is 9.59 Å². The molecule has 8 heteroatoms. The zero-order valence-electron chi connectivity index (χ0n) is 16.6. The van der Waals surface area contributed by atoms with Crippen molar-refractivity contribution in [2.24, 2.45) is 0 Å². The molecular weight excluding hydrogens is 400 g/mol. The predicted octanol–water partition coefficient (Wildman–Crippen LogP) is 2.50. The Morgan fingerprint density at radius 3 is 2.47 bits per heavy atom. The molecule has 30 heavy (non-hydrogen) atoms. The number of para-hydroxylation sites is 1. The summed E-state index contributed by atoms with van der Waals surface area (Å²) in [6.45, 7) is 3.94. The van der Waals surface area contributed by atoms with E-state index in [-0.39, 0.29) is 17.6 Å². The van der Waals surface area contributed by atoms with Crippen LogP contribution in [0.5, 0.6) is 5.75 Å². The molecule has 0 radical (unpaired) electrons. The van der Waals surface area contributed by atoms with Gasteiger partial charge in [-0.3, -0.25) is 9.59 Å². The number of thiazole rings is 1. The zero-order chi connectivity index (χ0) is 21.0. The summed E-state index contributed by atoms with van der Waals surface area (Å²) >= 11 is 1.19. The number of nitrogens with zero attached hydrogens (tertiary/aromatic N) is 4. The van der Waals surface area contributed by atoms with Crippen molar-refractivity contribution in [2.75, 3.05) is 11.9 Å². The van der Waals surface area contributed by atoms with Gasteiger partial charge in [-0.25, -0.2) is 0 Å². The molecule has 5 rings (SSSR count). The molecule has 0 N–H and O–H groups in total. The molecule has 0 spiro atoms. The zero-order valence-corrected chi connectivity index (χ0v) is 17.4. The van der Waals surface area contributed by atoms with Crippen molar-refractivity contribution in [2.45, 2.75) is 20.0 Å². The summed E-state index contributed by atoms with van der Waals surface area (Å²) in [6, 6.07) is 14.9. The van der Waals surface area contributed by atoms with Crippen LogP contribution in [-0.4, -0.2) is 33.7 Å². The number of ether oxygens (including phenoxy) is 1. The van der Waals surface area contributed by atoms with E-state index in [1.54, 1.807) is 11.9 Å². The monoisotopic (exact) mass is 418 g/mol. The number of hydrogen-bond acceptors (Lipinski definition) is 6. The van der Waals surface area contributed by atoms with Crippen molar-refractivity contribution < 1.29 is 9.53 Å². The van der Waals surface area contributed by atoms with Gasteiger partial charge in [0.25, 0.3) is 11.5 Å². The molecule has 2 aromatic heterocycles. The van der Waals surface area contributed by atoms with Gasteiger partial charge in [-0.2, -0.15) is 9.50 Å². The molecule has 0 fully saturated rings. The van der Waals surface area contributed by atoms with Crippen LogP contribution in [0, 0.1) is 0 Å². The van der Waals surface area contributed by atoms with Crippen LogP contribution in [0.1, 0.15) is 19.4 Å². The number of carbonyl (C=O) groups excluding carboxylic acids is 1. The second-order valence-electron chi connectivity index (χ2n) is 7.31. The fourth-order valence-electron chi connectivity index (χ4n) is 3.55. The highest BCUT2D eigenvalue weighted by Gasteiger charge is 2.31. The number of hydrogen-bond donors (Lipinski definition) is 0. The van der Waals surface area contributed by atoms with Crippen molar-refractivity contribution >= 4 is 33.5 Å². The summed E-state index contributed by atoms with van der Waals surface area (Å²) in [5.74, 6) is 1.03. The van der Waals surface area contributed by atoms with E-state index in [2.05, 4.69) is 10.1 Å². The second kappa shape index (κ2) is 6.77. The average Bonchev–Trinajstić information content (AvgIpc) is 3.35. The molecule has 0 aliphatic carbocycles. The molecule has 4 aromatic rings. The highest BCUT2D eigenvalue weighted by Crippen LogP contribution is 2.33. The minimum Gasteiger partial charge on any atom is -0.491 e. The summed E-state index contributed by atoms with van der Waals surface area (Å²) < 4.78 is 7.29. The number of likely N-dealkylation sites (N-methyl/N-ethyl adjacent to an activating group) is 1. The molecule has 0 saturated carbocycles. The third kappa shape index (κ3) is 2.80. The lowest BCUT2D eigenvalue weighted by atomic mass is 10.1. The minimum atomic E-state index is -0.332. The van der Waals surface area contributed by atoms with Gasteiger partial charge in [0.1, 0.15) is 10.3 Å². The lowest BCUT2D eigenvalue weighted by Crippen LogP contribution is -2.30. The smallest absolute Gasteiger partial charge is 0.291 e. The number of amides is 1. The normalized spacial score (nSPS) is 15.3. The number of fused-ring (bicyclic) bond motifs is 2. The maximum atomic E-state index is 13.1. The second-order valence-corrected chi connectivity index (χ2v) is 8.29. The Hall–Kier alpha value is -3.52. The molecule has 1 aliphatic heterocycles. The van der Waals surface area contributed by atoms with E-state index in [0.717, 1.165) is 22.6 Å². The van der Waals surface area contributed by atoms with Crippen molar-refractivity contribution in [3.63, 3.8) is 0 Å². The van der Waals surface area contributed by atoms with Gasteiger partial charge in [-0.05, 0) is 44.2 Å². The highest BCUT2D eigenvalue weighted by molar-refractivity contribution is 7.15. The average molecular weight is 418 g/mol. The standard InChI is InChI=1S/C22H18N4O3S/c1-12(2)29-14-10-8-13(9-11-14)19-23-22-26(24-19)21(28)18(30-22)17-15-6-4-5-7-16(15)25(3)20(17)27/h4-12H,1-3H3/b18-17-. The van der Waals surface area contributed by atoms with Crippen molar-refractivity contribution in [1.29, 1.82) is 0 Å². The molecule has 0 unspecified atom stereocenters. The molecule has 150 valence electrons. The Morgan fingerprint density at radius 1 is 1.03 bits per heavy atom. The van der Waals surface area contributed by atoms with Crippen molar-refractivity contribution in [3.8, 4) is 17.1 Å². The SMILES string of the molecule is CC(C)Oc1ccc(-c2nc3s/c(=C4\C(=O)N(C)c5ccccc54)c(=O)n3n2)cc1. The number of carbonyl (C=O) groups is 1.